The Morgan fingerprint density at radius 3 is 2.56 bits per heavy atom. The third-order valence-corrected chi connectivity index (χ3v) is 5.85. The number of benzene rings is 2. The van der Waals surface area contributed by atoms with Crippen LogP contribution in [0.1, 0.15) is 21.7 Å². The summed E-state index contributed by atoms with van der Waals surface area (Å²) >= 11 is 0. The molecule has 0 atom stereocenters. The van der Waals surface area contributed by atoms with Gasteiger partial charge in [-0.15, -0.1) is 0 Å². The van der Waals surface area contributed by atoms with Crippen LogP contribution in [0, 0.1) is 0 Å². The summed E-state index contributed by atoms with van der Waals surface area (Å²) in [5.41, 5.74) is 1.71. The van der Waals surface area contributed by atoms with E-state index in [1.54, 1.807) is 68.5 Å². The fourth-order valence-corrected chi connectivity index (χ4v) is 3.95. The molecule has 1 N–H and O–H groups in total. The second kappa shape index (κ2) is 11.4. The van der Waals surface area contributed by atoms with E-state index in [-0.39, 0.29) is 11.5 Å². The van der Waals surface area contributed by atoms with E-state index in [4.69, 9.17) is 14.2 Å². The molecule has 186 valence electrons. The van der Waals surface area contributed by atoms with Crippen LogP contribution in [-0.2, 0) is 19.4 Å². The molecule has 1 amide bonds. The first-order chi connectivity index (χ1) is 17.5. The molecule has 2 aromatic heterocycles. The zero-order chi connectivity index (χ0) is 25.5. The first-order valence-electron chi connectivity index (χ1n) is 11.5. The van der Waals surface area contributed by atoms with Gasteiger partial charge in [0.15, 0.2) is 17.1 Å². The fourth-order valence-electron chi connectivity index (χ4n) is 3.95. The molecule has 0 fully saturated rings. The number of aromatic nitrogens is 3. The molecule has 4 aromatic rings. The third-order valence-electron chi connectivity index (χ3n) is 5.85. The van der Waals surface area contributed by atoms with Crippen LogP contribution >= 0.6 is 0 Å². The number of ether oxygens (including phenoxy) is 3. The lowest BCUT2D eigenvalue weighted by molar-refractivity contribution is 0.0953. The first kappa shape index (κ1) is 24.7. The van der Waals surface area contributed by atoms with Crippen molar-refractivity contribution in [2.24, 2.45) is 0 Å². The van der Waals surface area contributed by atoms with Crippen molar-refractivity contribution in [3.05, 3.63) is 88.1 Å². The molecule has 0 aliphatic rings. The molecule has 0 saturated heterocycles. The highest BCUT2D eigenvalue weighted by atomic mass is 16.5. The SMILES string of the molecule is COc1cccc(C(=O)NCCc2nc3ncccc3c(=O)n2CCc2ccc(OC)c(OC)c2)c1. The number of nitrogens with one attached hydrogen (secondary N) is 1. The minimum atomic E-state index is -0.230. The fraction of sp³-hybridized carbons (Fsp3) is 0.259. The molecule has 0 radical (unpaired) electrons. The minimum Gasteiger partial charge on any atom is -0.497 e. The van der Waals surface area contributed by atoms with Crippen LogP contribution in [0.25, 0.3) is 11.0 Å². The lowest BCUT2D eigenvalue weighted by Gasteiger charge is -2.15. The number of rotatable bonds is 10. The molecule has 2 heterocycles. The number of pyridine rings is 1. The van der Waals surface area contributed by atoms with Crippen LogP contribution in [0.5, 0.6) is 17.2 Å². The highest BCUT2D eigenvalue weighted by Gasteiger charge is 2.14. The largest absolute Gasteiger partial charge is 0.497 e. The van der Waals surface area contributed by atoms with Crippen molar-refractivity contribution in [2.45, 2.75) is 19.4 Å². The maximum Gasteiger partial charge on any atom is 0.263 e. The molecule has 0 spiro atoms. The van der Waals surface area contributed by atoms with Crippen molar-refractivity contribution in [3.63, 3.8) is 0 Å². The van der Waals surface area contributed by atoms with Crippen molar-refractivity contribution in [3.8, 4) is 17.2 Å². The monoisotopic (exact) mass is 488 g/mol. The standard InChI is InChI=1S/C27H28N4O5/c1-34-20-7-4-6-19(17-20)26(32)29-14-11-24-30-25-21(8-5-13-28-25)27(33)31(24)15-12-18-9-10-22(35-2)23(16-18)36-3/h4-10,13,16-17H,11-12,14-15H2,1-3H3,(H,29,32). The van der Waals surface area contributed by atoms with E-state index in [1.165, 1.54) is 0 Å². The van der Waals surface area contributed by atoms with Crippen LogP contribution in [-0.4, -0.2) is 48.3 Å². The van der Waals surface area contributed by atoms with E-state index in [1.807, 2.05) is 18.2 Å². The highest BCUT2D eigenvalue weighted by molar-refractivity contribution is 5.94. The van der Waals surface area contributed by atoms with E-state index >= 15 is 0 Å². The van der Waals surface area contributed by atoms with Gasteiger partial charge in [0, 0.05) is 31.3 Å². The number of amides is 1. The predicted octanol–water partition coefficient (Wildman–Crippen LogP) is 3.03. The molecule has 0 bridgehead atoms. The molecule has 0 aliphatic carbocycles. The second-order valence-electron chi connectivity index (χ2n) is 8.04. The van der Waals surface area contributed by atoms with Gasteiger partial charge in [-0.05, 0) is 54.4 Å². The predicted molar refractivity (Wildman–Crippen MR) is 136 cm³/mol. The summed E-state index contributed by atoms with van der Waals surface area (Å²) in [7, 11) is 4.73. The maximum absolute atomic E-state index is 13.3. The molecule has 9 nitrogen and oxygen atoms in total. The van der Waals surface area contributed by atoms with E-state index in [9.17, 15) is 9.59 Å². The molecule has 0 aliphatic heterocycles. The molecule has 2 aromatic carbocycles. The Labute approximate surface area is 208 Å². The summed E-state index contributed by atoms with van der Waals surface area (Å²) in [4.78, 5) is 34.8. The number of carbonyl (C=O) groups is 1. The molecule has 9 heteroatoms. The van der Waals surface area contributed by atoms with Crippen LogP contribution in [0.3, 0.4) is 0 Å². The zero-order valence-corrected chi connectivity index (χ0v) is 20.5. The first-order valence-corrected chi connectivity index (χ1v) is 11.5. The summed E-state index contributed by atoms with van der Waals surface area (Å²) < 4.78 is 17.5. The topological polar surface area (TPSA) is 105 Å². The van der Waals surface area contributed by atoms with E-state index in [0.29, 0.717) is 65.6 Å². The Balaban J connectivity index is 1.55. The number of aryl methyl sites for hydroxylation is 1. The van der Waals surface area contributed by atoms with Crippen molar-refractivity contribution in [1.82, 2.24) is 19.9 Å². The third kappa shape index (κ3) is 5.46. The summed E-state index contributed by atoms with van der Waals surface area (Å²) in [6, 6.07) is 16.0. The Morgan fingerprint density at radius 1 is 0.944 bits per heavy atom. The molecule has 4 rings (SSSR count). The number of nitrogens with zero attached hydrogens (tertiary/aromatic N) is 3. The smallest absolute Gasteiger partial charge is 0.263 e. The lowest BCUT2D eigenvalue weighted by atomic mass is 10.1. The summed E-state index contributed by atoms with van der Waals surface area (Å²) in [5.74, 6) is 2.20. The van der Waals surface area contributed by atoms with Gasteiger partial charge in [0.2, 0.25) is 0 Å². The van der Waals surface area contributed by atoms with Crippen LogP contribution in [0.2, 0.25) is 0 Å². The quantitative estimate of drug-likeness (QED) is 0.366. The number of methoxy groups -OCH3 is 3. The van der Waals surface area contributed by atoms with Gasteiger partial charge in [0.25, 0.3) is 11.5 Å². The van der Waals surface area contributed by atoms with Crippen LogP contribution in [0.15, 0.2) is 65.6 Å². The Bertz CT molecular complexity index is 1430. The Kier molecular flexibility index (Phi) is 7.79. The Morgan fingerprint density at radius 2 is 1.78 bits per heavy atom. The van der Waals surface area contributed by atoms with Gasteiger partial charge in [-0.2, -0.15) is 0 Å². The van der Waals surface area contributed by atoms with Gasteiger partial charge < -0.3 is 19.5 Å². The maximum atomic E-state index is 13.3. The van der Waals surface area contributed by atoms with E-state index in [0.717, 1.165) is 5.56 Å². The highest BCUT2D eigenvalue weighted by Crippen LogP contribution is 2.27. The van der Waals surface area contributed by atoms with Crippen molar-refractivity contribution in [2.75, 3.05) is 27.9 Å². The van der Waals surface area contributed by atoms with Gasteiger partial charge in [-0.3, -0.25) is 14.2 Å². The molecule has 0 saturated carbocycles. The molecular formula is C27H28N4O5. The summed E-state index contributed by atoms with van der Waals surface area (Å²) in [5, 5.41) is 3.35. The normalized spacial score (nSPS) is 10.8. The molecule has 36 heavy (non-hydrogen) atoms. The Hall–Kier alpha value is -4.40. The minimum absolute atomic E-state index is 0.164. The number of carbonyl (C=O) groups excluding carboxylic acids is 1. The van der Waals surface area contributed by atoms with Crippen molar-refractivity contribution in [1.29, 1.82) is 0 Å². The van der Waals surface area contributed by atoms with Crippen LogP contribution in [0.4, 0.5) is 0 Å². The number of fused-ring (bicyclic) bond motifs is 1. The molecule has 0 unspecified atom stereocenters. The summed E-state index contributed by atoms with van der Waals surface area (Å²) in [6.45, 7) is 0.711. The lowest BCUT2D eigenvalue weighted by Crippen LogP contribution is -2.31. The van der Waals surface area contributed by atoms with Gasteiger partial charge in [-0.1, -0.05) is 12.1 Å². The van der Waals surface area contributed by atoms with Gasteiger partial charge in [-0.25, -0.2) is 9.97 Å². The van der Waals surface area contributed by atoms with Gasteiger partial charge in [0.1, 0.15) is 11.6 Å². The summed E-state index contributed by atoms with van der Waals surface area (Å²) in [6.07, 6.45) is 2.55. The zero-order valence-electron chi connectivity index (χ0n) is 20.5. The van der Waals surface area contributed by atoms with Crippen molar-refractivity contribution >= 4 is 16.9 Å². The van der Waals surface area contributed by atoms with Gasteiger partial charge in [0.05, 0.1) is 26.7 Å². The van der Waals surface area contributed by atoms with Crippen LogP contribution < -0.4 is 25.1 Å². The van der Waals surface area contributed by atoms with E-state index in [2.05, 4.69) is 15.3 Å². The molecular weight excluding hydrogens is 460 g/mol. The second-order valence-corrected chi connectivity index (χ2v) is 8.04. The average Bonchev–Trinajstić information content (AvgIpc) is 2.92. The van der Waals surface area contributed by atoms with Gasteiger partial charge >= 0.3 is 0 Å². The van der Waals surface area contributed by atoms with E-state index < -0.39 is 0 Å². The number of hydrogen-bond acceptors (Lipinski definition) is 7. The van der Waals surface area contributed by atoms with Crippen molar-refractivity contribution < 1.29 is 19.0 Å². The number of hydrogen-bond donors (Lipinski definition) is 1. The average molecular weight is 489 g/mol.